The lowest BCUT2D eigenvalue weighted by atomic mass is 10.0. The molecule has 0 aliphatic carbocycles. The molecule has 0 saturated carbocycles. The highest BCUT2D eigenvalue weighted by Gasteiger charge is 2.23. The summed E-state index contributed by atoms with van der Waals surface area (Å²) in [6.45, 7) is 4.20. The molecule has 15 heavy (non-hydrogen) atoms. The van der Waals surface area contributed by atoms with Gasteiger partial charge in [-0.25, -0.2) is 0 Å². The van der Waals surface area contributed by atoms with Gasteiger partial charge in [-0.2, -0.15) is 5.26 Å². The minimum atomic E-state index is -0.0475. The van der Waals surface area contributed by atoms with Crippen molar-refractivity contribution in [3.8, 4) is 6.07 Å². The molecular formula is C13H16N2. The number of hydrogen-bond acceptors (Lipinski definition) is 2. The number of nitriles is 1. The molecule has 1 aromatic carbocycles. The number of hydrogen-bond donors (Lipinski definition) is 0. The normalized spacial score (nSPS) is 18.7. The molecule has 0 aromatic heterocycles. The fourth-order valence-electron chi connectivity index (χ4n) is 2.24. The summed E-state index contributed by atoms with van der Waals surface area (Å²) in [5, 5.41) is 9.27. The van der Waals surface area contributed by atoms with Crippen molar-refractivity contribution in [2.24, 2.45) is 0 Å². The lowest BCUT2D eigenvalue weighted by Crippen LogP contribution is -2.24. The summed E-state index contributed by atoms with van der Waals surface area (Å²) in [5.74, 6) is 0. The van der Waals surface area contributed by atoms with E-state index in [1.165, 1.54) is 24.0 Å². The smallest absolute Gasteiger partial charge is 0.124 e. The Morgan fingerprint density at radius 2 is 1.93 bits per heavy atom. The van der Waals surface area contributed by atoms with Crippen LogP contribution in [-0.4, -0.2) is 18.0 Å². The summed E-state index contributed by atoms with van der Waals surface area (Å²) in [4.78, 5) is 2.28. The summed E-state index contributed by atoms with van der Waals surface area (Å²) in [6, 6.07) is 10.6. The predicted molar refractivity (Wildman–Crippen MR) is 60.3 cm³/mol. The van der Waals surface area contributed by atoms with Gasteiger partial charge in [0.2, 0.25) is 0 Å². The minimum absolute atomic E-state index is 0.0475. The second kappa shape index (κ2) is 4.46. The first-order chi connectivity index (χ1) is 7.33. The van der Waals surface area contributed by atoms with Gasteiger partial charge in [0.15, 0.2) is 0 Å². The van der Waals surface area contributed by atoms with E-state index in [1.54, 1.807) is 0 Å². The molecule has 1 heterocycles. The fraction of sp³-hybridized carbons (Fsp3) is 0.462. The average molecular weight is 200 g/mol. The van der Waals surface area contributed by atoms with Crippen LogP contribution in [-0.2, 0) is 0 Å². The van der Waals surface area contributed by atoms with E-state index < -0.39 is 0 Å². The number of aryl methyl sites for hydroxylation is 1. The van der Waals surface area contributed by atoms with E-state index in [0.717, 1.165) is 13.1 Å². The van der Waals surface area contributed by atoms with Crippen LogP contribution < -0.4 is 0 Å². The fourth-order valence-corrected chi connectivity index (χ4v) is 2.24. The molecule has 0 N–H and O–H groups in total. The first-order valence-corrected chi connectivity index (χ1v) is 5.52. The van der Waals surface area contributed by atoms with Crippen molar-refractivity contribution in [1.29, 1.82) is 5.26 Å². The third kappa shape index (κ3) is 2.03. The van der Waals surface area contributed by atoms with Gasteiger partial charge in [0.05, 0.1) is 6.07 Å². The molecule has 1 atom stereocenters. The van der Waals surface area contributed by atoms with Crippen LogP contribution in [0.2, 0.25) is 0 Å². The Balaban J connectivity index is 2.27. The van der Waals surface area contributed by atoms with Crippen LogP contribution in [0.5, 0.6) is 0 Å². The van der Waals surface area contributed by atoms with Gasteiger partial charge in [-0.15, -0.1) is 0 Å². The zero-order chi connectivity index (χ0) is 10.7. The van der Waals surface area contributed by atoms with E-state index in [0.29, 0.717) is 0 Å². The largest absolute Gasteiger partial charge is 0.284 e. The van der Waals surface area contributed by atoms with Gasteiger partial charge >= 0.3 is 0 Å². The molecule has 1 aliphatic heterocycles. The molecule has 1 aliphatic rings. The molecule has 2 rings (SSSR count). The Morgan fingerprint density at radius 1 is 1.27 bits per heavy atom. The lowest BCUT2D eigenvalue weighted by Gasteiger charge is -2.22. The quantitative estimate of drug-likeness (QED) is 0.733. The average Bonchev–Trinajstić information content (AvgIpc) is 2.75. The van der Waals surface area contributed by atoms with E-state index in [4.69, 9.17) is 0 Å². The Bertz CT molecular complexity index is 372. The molecule has 0 bridgehead atoms. The van der Waals surface area contributed by atoms with Crippen LogP contribution >= 0.6 is 0 Å². The van der Waals surface area contributed by atoms with Crippen LogP contribution in [0.25, 0.3) is 0 Å². The number of likely N-dealkylation sites (tertiary alicyclic amines) is 1. The highest BCUT2D eigenvalue weighted by Crippen LogP contribution is 2.26. The van der Waals surface area contributed by atoms with Crippen LogP contribution in [0.4, 0.5) is 0 Å². The van der Waals surface area contributed by atoms with Gasteiger partial charge in [-0.3, -0.25) is 4.90 Å². The van der Waals surface area contributed by atoms with Gasteiger partial charge in [0.1, 0.15) is 6.04 Å². The van der Waals surface area contributed by atoms with Gasteiger partial charge in [-0.1, -0.05) is 24.3 Å². The zero-order valence-corrected chi connectivity index (χ0v) is 9.11. The van der Waals surface area contributed by atoms with Crippen LogP contribution in [0.3, 0.4) is 0 Å². The first kappa shape index (κ1) is 10.2. The van der Waals surface area contributed by atoms with Crippen LogP contribution in [0.1, 0.15) is 30.0 Å². The Morgan fingerprint density at radius 3 is 2.53 bits per heavy atom. The summed E-state index contributed by atoms with van der Waals surface area (Å²) < 4.78 is 0. The summed E-state index contributed by atoms with van der Waals surface area (Å²) in [6.07, 6.45) is 2.45. The maximum atomic E-state index is 9.27. The third-order valence-electron chi connectivity index (χ3n) is 3.11. The van der Waals surface area contributed by atoms with Gasteiger partial charge in [0.25, 0.3) is 0 Å². The molecule has 78 valence electrons. The Hall–Kier alpha value is -1.33. The SMILES string of the molecule is Cc1ccccc1C(C#N)N1CCCC1. The molecular weight excluding hydrogens is 184 g/mol. The van der Waals surface area contributed by atoms with Gasteiger partial charge < -0.3 is 0 Å². The molecule has 1 fully saturated rings. The Kier molecular flexibility index (Phi) is 3.03. The summed E-state index contributed by atoms with van der Waals surface area (Å²) >= 11 is 0. The van der Waals surface area contributed by atoms with Gasteiger partial charge in [-0.05, 0) is 44.0 Å². The van der Waals surface area contributed by atoms with Crippen molar-refractivity contribution in [3.05, 3.63) is 35.4 Å². The molecule has 2 nitrogen and oxygen atoms in total. The van der Waals surface area contributed by atoms with Crippen LogP contribution in [0.15, 0.2) is 24.3 Å². The second-order valence-corrected chi connectivity index (χ2v) is 4.13. The molecule has 0 radical (unpaired) electrons. The van der Waals surface area contributed by atoms with Crippen molar-refractivity contribution in [3.63, 3.8) is 0 Å². The third-order valence-corrected chi connectivity index (χ3v) is 3.11. The molecule has 2 heteroatoms. The van der Waals surface area contributed by atoms with Crippen molar-refractivity contribution in [2.75, 3.05) is 13.1 Å². The molecule has 1 saturated heterocycles. The lowest BCUT2D eigenvalue weighted by molar-refractivity contribution is 0.293. The maximum absolute atomic E-state index is 9.27. The van der Waals surface area contributed by atoms with Crippen LogP contribution in [0, 0.1) is 18.3 Å². The highest BCUT2D eigenvalue weighted by atomic mass is 15.2. The maximum Gasteiger partial charge on any atom is 0.124 e. The van der Waals surface area contributed by atoms with E-state index in [9.17, 15) is 5.26 Å². The van der Waals surface area contributed by atoms with Gasteiger partial charge in [0, 0.05) is 0 Å². The summed E-state index contributed by atoms with van der Waals surface area (Å²) in [5.41, 5.74) is 2.39. The highest BCUT2D eigenvalue weighted by molar-refractivity contribution is 5.32. The second-order valence-electron chi connectivity index (χ2n) is 4.13. The number of nitrogens with zero attached hydrogens (tertiary/aromatic N) is 2. The monoisotopic (exact) mass is 200 g/mol. The molecule has 0 spiro atoms. The summed E-state index contributed by atoms with van der Waals surface area (Å²) in [7, 11) is 0. The predicted octanol–water partition coefficient (Wildman–Crippen LogP) is 2.66. The van der Waals surface area contributed by atoms with E-state index in [-0.39, 0.29) is 6.04 Å². The topological polar surface area (TPSA) is 27.0 Å². The number of benzene rings is 1. The van der Waals surface area contributed by atoms with Crippen molar-refractivity contribution in [2.45, 2.75) is 25.8 Å². The molecule has 1 unspecified atom stereocenters. The van der Waals surface area contributed by atoms with Crippen molar-refractivity contribution < 1.29 is 0 Å². The Labute approximate surface area is 91.1 Å². The minimum Gasteiger partial charge on any atom is -0.284 e. The van der Waals surface area contributed by atoms with Crippen molar-refractivity contribution >= 4 is 0 Å². The molecule has 0 amide bonds. The van der Waals surface area contributed by atoms with Crippen molar-refractivity contribution in [1.82, 2.24) is 4.90 Å². The van der Waals surface area contributed by atoms with E-state index >= 15 is 0 Å². The van der Waals surface area contributed by atoms with E-state index in [1.807, 2.05) is 12.1 Å². The standard InChI is InChI=1S/C13H16N2/c1-11-6-2-3-7-12(11)13(10-14)15-8-4-5-9-15/h2-3,6-7,13H,4-5,8-9H2,1H3. The molecule has 1 aromatic rings. The van der Waals surface area contributed by atoms with E-state index in [2.05, 4.69) is 30.0 Å². The first-order valence-electron chi connectivity index (χ1n) is 5.52. The zero-order valence-electron chi connectivity index (χ0n) is 9.11. The number of rotatable bonds is 2.